The molecule has 0 spiro atoms. The second kappa shape index (κ2) is 5.12. The molecule has 0 N–H and O–H groups in total. The van der Waals surface area contributed by atoms with E-state index in [0.717, 1.165) is 24.2 Å². The molecule has 0 amide bonds. The third kappa shape index (κ3) is 2.22. The quantitative estimate of drug-likeness (QED) is 0.814. The molecule has 0 saturated heterocycles. The van der Waals surface area contributed by atoms with E-state index in [2.05, 4.69) is 25.1 Å². The van der Waals surface area contributed by atoms with Crippen molar-refractivity contribution in [2.45, 2.75) is 26.2 Å². The van der Waals surface area contributed by atoms with E-state index in [-0.39, 0.29) is 5.78 Å². The van der Waals surface area contributed by atoms with Crippen LogP contribution in [0.4, 0.5) is 0 Å². The summed E-state index contributed by atoms with van der Waals surface area (Å²) in [6.07, 6.45) is 2.66. The zero-order valence-corrected chi connectivity index (χ0v) is 11.9. The first-order chi connectivity index (χ1) is 9.69. The Labute approximate surface area is 119 Å². The molecule has 2 heteroatoms. The van der Waals surface area contributed by atoms with Gasteiger partial charge in [-0.3, -0.25) is 4.79 Å². The molecule has 0 aromatic heterocycles. The molecule has 2 nitrogen and oxygen atoms in total. The second-order valence-corrected chi connectivity index (χ2v) is 5.33. The lowest BCUT2D eigenvalue weighted by atomic mass is 9.87. The molecule has 0 bridgehead atoms. The maximum atomic E-state index is 11.9. The van der Waals surface area contributed by atoms with E-state index in [1.807, 2.05) is 18.2 Å². The fraction of sp³-hybridized carbons (Fsp3) is 0.278. The van der Waals surface area contributed by atoms with Gasteiger partial charge in [-0.2, -0.15) is 0 Å². The molecule has 0 heterocycles. The van der Waals surface area contributed by atoms with E-state index in [1.165, 1.54) is 22.3 Å². The van der Waals surface area contributed by atoms with Crippen LogP contribution in [-0.4, -0.2) is 12.9 Å². The highest BCUT2D eigenvalue weighted by molar-refractivity contribution is 5.99. The summed E-state index contributed by atoms with van der Waals surface area (Å²) in [6, 6.07) is 12.3. The highest BCUT2D eigenvalue weighted by Gasteiger charge is 2.17. The van der Waals surface area contributed by atoms with E-state index in [4.69, 9.17) is 4.74 Å². The standard InChI is InChI=1S/C18H18O2/c1-12-10-15(20-2)7-9-16(12)14-6-8-17-13(11-14)4-3-5-18(17)19/h6-11H,3-5H2,1-2H3. The Hall–Kier alpha value is -2.09. The molecular weight excluding hydrogens is 248 g/mol. The summed E-state index contributed by atoms with van der Waals surface area (Å²) in [7, 11) is 1.68. The van der Waals surface area contributed by atoms with Crippen molar-refractivity contribution in [1.29, 1.82) is 0 Å². The summed E-state index contributed by atoms with van der Waals surface area (Å²) >= 11 is 0. The Kier molecular flexibility index (Phi) is 3.31. The van der Waals surface area contributed by atoms with Gasteiger partial charge in [0.2, 0.25) is 0 Å². The fourth-order valence-electron chi connectivity index (χ4n) is 2.90. The average molecular weight is 266 g/mol. The summed E-state index contributed by atoms with van der Waals surface area (Å²) in [5.74, 6) is 1.16. The molecule has 2 aromatic carbocycles. The molecule has 0 saturated carbocycles. The maximum absolute atomic E-state index is 11.9. The Morgan fingerprint density at radius 3 is 2.55 bits per heavy atom. The molecule has 1 aliphatic carbocycles. The third-order valence-electron chi connectivity index (χ3n) is 4.00. The van der Waals surface area contributed by atoms with Gasteiger partial charge in [0, 0.05) is 12.0 Å². The Morgan fingerprint density at radius 1 is 1.00 bits per heavy atom. The number of rotatable bonds is 2. The molecule has 0 aliphatic heterocycles. The molecule has 102 valence electrons. The summed E-state index contributed by atoms with van der Waals surface area (Å²) in [6.45, 7) is 2.09. The van der Waals surface area contributed by atoms with Gasteiger partial charge in [0.25, 0.3) is 0 Å². The van der Waals surface area contributed by atoms with Crippen LogP contribution in [0.2, 0.25) is 0 Å². The lowest BCUT2D eigenvalue weighted by Gasteiger charge is -2.16. The minimum atomic E-state index is 0.282. The van der Waals surface area contributed by atoms with Crippen LogP contribution >= 0.6 is 0 Å². The van der Waals surface area contributed by atoms with Gasteiger partial charge in [-0.1, -0.05) is 24.3 Å². The summed E-state index contributed by atoms with van der Waals surface area (Å²) in [5.41, 5.74) is 5.66. The number of carbonyl (C=O) groups excluding carboxylic acids is 1. The van der Waals surface area contributed by atoms with Crippen LogP contribution in [0.25, 0.3) is 11.1 Å². The van der Waals surface area contributed by atoms with E-state index in [9.17, 15) is 4.79 Å². The molecule has 0 atom stereocenters. The zero-order valence-electron chi connectivity index (χ0n) is 11.9. The normalized spacial score (nSPS) is 14.0. The minimum absolute atomic E-state index is 0.282. The van der Waals surface area contributed by atoms with Crippen molar-refractivity contribution in [3.8, 4) is 16.9 Å². The summed E-state index contributed by atoms with van der Waals surface area (Å²) in [4.78, 5) is 11.9. The van der Waals surface area contributed by atoms with Gasteiger partial charge in [0.1, 0.15) is 5.75 Å². The Balaban J connectivity index is 2.05. The SMILES string of the molecule is COc1ccc(-c2ccc3c(c2)CCCC3=O)c(C)c1. The lowest BCUT2D eigenvalue weighted by Crippen LogP contribution is -2.10. The lowest BCUT2D eigenvalue weighted by molar-refractivity contribution is 0.0972. The first kappa shape index (κ1) is 12.9. The molecule has 0 fully saturated rings. The van der Waals surface area contributed by atoms with E-state index in [1.54, 1.807) is 7.11 Å². The topological polar surface area (TPSA) is 26.3 Å². The van der Waals surface area contributed by atoms with Gasteiger partial charge < -0.3 is 4.74 Å². The predicted molar refractivity (Wildman–Crippen MR) is 80.4 cm³/mol. The number of Topliss-reactive ketones (excluding diaryl/α,β-unsaturated/α-hetero) is 1. The number of ether oxygens (including phenoxy) is 1. The van der Waals surface area contributed by atoms with Gasteiger partial charge in [-0.25, -0.2) is 0 Å². The maximum Gasteiger partial charge on any atom is 0.163 e. The summed E-state index contributed by atoms with van der Waals surface area (Å²) in [5, 5.41) is 0. The van der Waals surface area contributed by atoms with Crippen LogP contribution in [-0.2, 0) is 6.42 Å². The average Bonchev–Trinajstić information content (AvgIpc) is 2.47. The fourth-order valence-corrected chi connectivity index (χ4v) is 2.90. The highest BCUT2D eigenvalue weighted by Crippen LogP contribution is 2.30. The van der Waals surface area contributed by atoms with E-state index < -0.39 is 0 Å². The van der Waals surface area contributed by atoms with Crippen LogP contribution in [0.1, 0.15) is 34.3 Å². The zero-order chi connectivity index (χ0) is 14.1. The third-order valence-corrected chi connectivity index (χ3v) is 4.00. The van der Waals surface area contributed by atoms with Crippen molar-refractivity contribution < 1.29 is 9.53 Å². The molecule has 0 unspecified atom stereocenters. The van der Waals surface area contributed by atoms with Crippen molar-refractivity contribution in [3.05, 3.63) is 53.1 Å². The monoisotopic (exact) mass is 266 g/mol. The number of fused-ring (bicyclic) bond motifs is 1. The number of aryl methyl sites for hydroxylation is 2. The van der Waals surface area contributed by atoms with Gasteiger partial charge in [-0.15, -0.1) is 0 Å². The molecular formula is C18H18O2. The molecule has 1 aliphatic rings. The largest absolute Gasteiger partial charge is 0.497 e. The van der Waals surface area contributed by atoms with Crippen molar-refractivity contribution in [2.24, 2.45) is 0 Å². The minimum Gasteiger partial charge on any atom is -0.497 e. The number of methoxy groups -OCH3 is 1. The van der Waals surface area contributed by atoms with Gasteiger partial charge in [0.05, 0.1) is 7.11 Å². The number of benzene rings is 2. The van der Waals surface area contributed by atoms with Crippen LogP contribution in [0.3, 0.4) is 0 Å². The Morgan fingerprint density at radius 2 is 1.80 bits per heavy atom. The van der Waals surface area contributed by atoms with Crippen LogP contribution < -0.4 is 4.74 Å². The first-order valence-electron chi connectivity index (χ1n) is 7.00. The first-order valence-corrected chi connectivity index (χ1v) is 7.00. The number of carbonyl (C=O) groups is 1. The summed E-state index contributed by atoms with van der Waals surface area (Å²) < 4.78 is 5.25. The number of hydrogen-bond acceptors (Lipinski definition) is 2. The van der Waals surface area contributed by atoms with Crippen LogP contribution in [0.5, 0.6) is 5.75 Å². The van der Waals surface area contributed by atoms with Crippen molar-refractivity contribution >= 4 is 5.78 Å². The molecule has 0 radical (unpaired) electrons. The molecule has 2 aromatic rings. The smallest absolute Gasteiger partial charge is 0.163 e. The highest BCUT2D eigenvalue weighted by atomic mass is 16.5. The molecule has 3 rings (SSSR count). The van der Waals surface area contributed by atoms with Crippen LogP contribution in [0.15, 0.2) is 36.4 Å². The molecule has 20 heavy (non-hydrogen) atoms. The van der Waals surface area contributed by atoms with Crippen molar-refractivity contribution in [1.82, 2.24) is 0 Å². The van der Waals surface area contributed by atoms with Crippen molar-refractivity contribution in [3.63, 3.8) is 0 Å². The van der Waals surface area contributed by atoms with Gasteiger partial charge in [0.15, 0.2) is 5.78 Å². The van der Waals surface area contributed by atoms with Crippen molar-refractivity contribution in [2.75, 3.05) is 7.11 Å². The van der Waals surface area contributed by atoms with Gasteiger partial charge in [-0.05, 0) is 54.2 Å². The van der Waals surface area contributed by atoms with E-state index >= 15 is 0 Å². The van der Waals surface area contributed by atoms with Crippen LogP contribution in [0, 0.1) is 6.92 Å². The number of ketones is 1. The predicted octanol–water partition coefficient (Wildman–Crippen LogP) is 4.19. The second-order valence-electron chi connectivity index (χ2n) is 5.33. The Bertz CT molecular complexity index is 671. The number of hydrogen-bond donors (Lipinski definition) is 0. The van der Waals surface area contributed by atoms with E-state index in [0.29, 0.717) is 6.42 Å². The van der Waals surface area contributed by atoms with Gasteiger partial charge >= 0.3 is 0 Å².